The van der Waals surface area contributed by atoms with E-state index < -0.39 is 0 Å². The van der Waals surface area contributed by atoms with Gasteiger partial charge in [0, 0.05) is 0 Å². The zero-order chi connectivity index (χ0) is 10.8. The van der Waals surface area contributed by atoms with E-state index in [1.807, 2.05) is 14.1 Å². The van der Waals surface area contributed by atoms with E-state index in [0.717, 1.165) is 12.8 Å². The highest BCUT2D eigenvalue weighted by atomic mass is 16.5. The zero-order valence-electron chi connectivity index (χ0n) is 9.04. The van der Waals surface area contributed by atoms with Crippen molar-refractivity contribution in [3.8, 4) is 6.07 Å². The zero-order valence-corrected chi connectivity index (χ0v) is 9.04. The maximum absolute atomic E-state index is 11.5. The van der Waals surface area contributed by atoms with Crippen LogP contribution in [0.5, 0.6) is 0 Å². The molecule has 1 aliphatic carbocycles. The highest BCUT2D eigenvalue weighted by molar-refractivity contribution is 5.79. The molecular weight excluding hydrogens is 180 g/mol. The number of ether oxygens (including phenoxy) is 1. The Bertz CT molecular complexity index is 274. The minimum atomic E-state index is -0.297. The molecule has 1 fully saturated rings. The van der Waals surface area contributed by atoms with Gasteiger partial charge in [0.2, 0.25) is 0 Å². The van der Waals surface area contributed by atoms with Crippen LogP contribution in [-0.4, -0.2) is 44.7 Å². The van der Waals surface area contributed by atoms with Crippen molar-refractivity contribution in [3.63, 3.8) is 0 Å². The highest BCUT2D eigenvalue weighted by Gasteiger charge is 2.55. The second-order valence-electron chi connectivity index (χ2n) is 4.68. The van der Waals surface area contributed by atoms with Crippen LogP contribution in [0.2, 0.25) is 0 Å². The molecule has 0 radical (unpaired) electrons. The summed E-state index contributed by atoms with van der Waals surface area (Å²) in [7, 11) is 5.35. The second kappa shape index (κ2) is 3.58. The van der Waals surface area contributed by atoms with Gasteiger partial charge in [-0.2, -0.15) is 5.26 Å². The van der Waals surface area contributed by atoms with Crippen LogP contribution in [0, 0.1) is 16.7 Å². The Morgan fingerprint density at radius 3 is 2.50 bits per heavy atom. The molecule has 0 aromatic rings. The molecule has 0 spiro atoms. The Balaban J connectivity index is 2.60. The van der Waals surface area contributed by atoms with Crippen LogP contribution in [-0.2, 0) is 9.53 Å². The molecule has 0 amide bonds. The minimum absolute atomic E-state index is 0.123. The number of hydrogen-bond donors (Lipinski definition) is 0. The molecule has 0 saturated heterocycles. The van der Waals surface area contributed by atoms with Gasteiger partial charge in [-0.25, -0.2) is 0 Å². The lowest BCUT2D eigenvalue weighted by atomic mass is 10.1. The summed E-state index contributed by atoms with van der Waals surface area (Å²) >= 11 is 0. The Kier molecular flexibility index (Phi) is 2.81. The van der Waals surface area contributed by atoms with Crippen LogP contribution < -0.4 is 0 Å². The summed E-state index contributed by atoms with van der Waals surface area (Å²) in [5.74, 6) is -0.123. The lowest BCUT2D eigenvalue weighted by Crippen LogP contribution is -2.46. The standard InChI is InChI=1S/C10H17N2O2/c1-12(2,7-6-11)8-10(4-5-10)9(13)14-3/h4-5,7-8H2,1-3H3/q+1. The van der Waals surface area contributed by atoms with Gasteiger partial charge < -0.3 is 9.22 Å². The average Bonchev–Trinajstić information content (AvgIpc) is 2.83. The molecule has 0 N–H and O–H groups in total. The van der Waals surface area contributed by atoms with Gasteiger partial charge >= 0.3 is 5.97 Å². The van der Waals surface area contributed by atoms with Gasteiger partial charge in [0.15, 0.2) is 6.54 Å². The van der Waals surface area contributed by atoms with Crippen molar-refractivity contribution in [1.29, 1.82) is 5.26 Å². The number of nitrogens with zero attached hydrogens (tertiary/aromatic N) is 2. The molecule has 0 bridgehead atoms. The van der Waals surface area contributed by atoms with Crippen molar-refractivity contribution in [1.82, 2.24) is 0 Å². The summed E-state index contributed by atoms with van der Waals surface area (Å²) < 4.78 is 5.33. The van der Waals surface area contributed by atoms with Crippen molar-refractivity contribution in [3.05, 3.63) is 0 Å². The molecule has 1 saturated carbocycles. The van der Waals surface area contributed by atoms with Crippen molar-refractivity contribution in [2.45, 2.75) is 12.8 Å². The van der Waals surface area contributed by atoms with Crippen LogP contribution in [0.15, 0.2) is 0 Å². The van der Waals surface area contributed by atoms with Crippen LogP contribution in [0.25, 0.3) is 0 Å². The summed E-state index contributed by atoms with van der Waals surface area (Å²) in [6.07, 6.45) is 1.79. The maximum Gasteiger partial charge on any atom is 0.317 e. The van der Waals surface area contributed by atoms with Crippen molar-refractivity contribution in [2.24, 2.45) is 5.41 Å². The average molecular weight is 197 g/mol. The van der Waals surface area contributed by atoms with Crippen LogP contribution >= 0.6 is 0 Å². The number of hydrogen-bond acceptors (Lipinski definition) is 3. The number of carbonyl (C=O) groups excluding carboxylic acids is 1. The Labute approximate surface area is 84.7 Å². The highest BCUT2D eigenvalue weighted by Crippen LogP contribution is 2.48. The first-order valence-electron chi connectivity index (χ1n) is 4.73. The first-order valence-corrected chi connectivity index (χ1v) is 4.73. The number of nitriles is 1. The summed E-state index contributed by atoms with van der Waals surface area (Å²) in [5.41, 5.74) is -0.297. The van der Waals surface area contributed by atoms with Crippen molar-refractivity contribution >= 4 is 5.97 Å². The van der Waals surface area contributed by atoms with Crippen LogP contribution in [0.1, 0.15) is 12.8 Å². The van der Waals surface area contributed by atoms with E-state index >= 15 is 0 Å². The fourth-order valence-corrected chi connectivity index (χ4v) is 1.86. The predicted molar refractivity (Wildman–Crippen MR) is 51.1 cm³/mol. The van der Waals surface area contributed by atoms with Crippen LogP contribution in [0.4, 0.5) is 0 Å². The molecule has 0 aromatic carbocycles. The van der Waals surface area contributed by atoms with Gasteiger partial charge in [0.25, 0.3) is 0 Å². The molecule has 1 rings (SSSR count). The smallest absolute Gasteiger partial charge is 0.317 e. The van der Waals surface area contributed by atoms with Gasteiger partial charge in [-0.1, -0.05) is 0 Å². The molecule has 1 aliphatic rings. The van der Waals surface area contributed by atoms with Gasteiger partial charge in [-0.15, -0.1) is 0 Å². The number of esters is 1. The van der Waals surface area contributed by atoms with E-state index in [1.54, 1.807) is 0 Å². The lowest BCUT2D eigenvalue weighted by molar-refractivity contribution is -0.887. The fraction of sp³-hybridized carbons (Fsp3) is 0.800. The van der Waals surface area contributed by atoms with E-state index in [1.165, 1.54) is 7.11 Å². The Hall–Kier alpha value is -1.08. The van der Waals surface area contributed by atoms with Gasteiger partial charge in [0.05, 0.1) is 27.7 Å². The quantitative estimate of drug-likeness (QED) is 0.375. The number of rotatable bonds is 4. The van der Waals surface area contributed by atoms with Gasteiger partial charge in [-0.05, 0) is 12.8 Å². The summed E-state index contributed by atoms with van der Waals surface area (Å²) in [4.78, 5) is 11.5. The first-order chi connectivity index (χ1) is 6.46. The van der Waals surface area contributed by atoms with E-state index in [0.29, 0.717) is 17.6 Å². The third-order valence-electron chi connectivity index (χ3n) is 2.70. The normalized spacial score (nSPS) is 18.4. The van der Waals surface area contributed by atoms with Crippen LogP contribution in [0.3, 0.4) is 0 Å². The first kappa shape index (κ1) is 11.0. The SMILES string of the molecule is COC(=O)C1(C[N+](C)(C)CC#N)CC1. The molecule has 0 unspecified atom stereocenters. The Morgan fingerprint density at radius 2 is 2.14 bits per heavy atom. The van der Waals surface area contributed by atoms with E-state index in [-0.39, 0.29) is 11.4 Å². The second-order valence-corrected chi connectivity index (χ2v) is 4.68. The minimum Gasteiger partial charge on any atom is -0.468 e. The molecule has 14 heavy (non-hydrogen) atoms. The molecular formula is C10H17N2O2+. The lowest BCUT2D eigenvalue weighted by Gasteiger charge is -2.30. The molecule has 0 heterocycles. The number of methoxy groups -OCH3 is 1. The molecule has 4 nitrogen and oxygen atoms in total. The number of carbonyl (C=O) groups is 1. The Morgan fingerprint density at radius 1 is 1.57 bits per heavy atom. The predicted octanol–water partition coefficient (Wildman–Crippen LogP) is 0.540. The summed E-state index contributed by atoms with van der Waals surface area (Å²) in [5, 5.41) is 8.63. The van der Waals surface area contributed by atoms with E-state index in [2.05, 4.69) is 6.07 Å². The molecule has 0 atom stereocenters. The van der Waals surface area contributed by atoms with E-state index in [9.17, 15) is 4.79 Å². The van der Waals surface area contributed by atoms with E-state index in [4.69, 9.17) is 10.00 Å². The van der Waals surface area contributed by atoms with Gasteiger partial charge in [0.1, 0.15) is 11.5 Å². The summed E-state index contributed by atoms with van der Waals surface area (Å²) in [6.45, 7) is 1.13. The maximum atomic E-state index is 11.5. The molecule has 0 aliphatic heterocycles. The summed E-state index contributed by atoms with van der Waals surface area (Å²) in [6, 6.07) is 2.14. The van der Waals surface area contributed by atoms with Gasteiger partial charge in [-0.3, -0.25) is 4.79 Å². The third kappa shape index (κ3) is 2.24. The monoisotopic (exact) mass is 197 g/mol. The van der Waals surface area contributed by atoms with Crippen molar-refractivity contribution in [2.75, 3.05) is 34.3 Å². The fourth-order valence-electron chi connectivity index (χ4n) is 1.86. The molecule has 78 valence electrons. The van der Waals surface area contributed by atoms with Crippen molar-refractivity contribution < 1.29 is 14.0 Å². The third-order valence-corrected chi connectivity index (χ3v) is 2.70. The number of quaternary nitrogens is 1. The largest absolute Gasteiger partial charge is 0.468 e. The molecule has 0 aromatic heterocycles. The molecule has 4 heteroatoms. The topological polar surface area (TPSA) is 50.1 Å².